The number of thiophene rings is 1. The monoisotopic (exact) mass is 236 g/mol. The standard InChI is InChI=1S/C12H9ClOS/c1-8-4-2-3-5-9(8)11(14)10-6-7-15-12(10)13/h2-7H,1H3. The number of aryl methyl sites for hydroxylation is 1. The van der Waals surface area contributed by atoms with Gasteiger partial charge in [-0.2, -0.15) is 0 Å². The summed E-state index contributed by atoms with van der Waals surface area (Å²) in [6.45, 7) is 1.92. The van der Waals surface area contributed by atoms with Crippen molar-refractivity contribution in [3.63, 3.8) is 0 Å². The Morgan fingerprint density at radius 2 is 1.93 bits per heavy atom. The molecule has 2 aromatic rings. The van der Waals surface area contributed by atoms with Crippen molar-refractivity contribution >= 4 is 28.7 Å². The maximum Gasteiger partial charge on any atom is 0.195 e. The van der Waals surface area contributed by atoms with Crippen LogP contribution in [0.15, 0.2) is 35.7 Å². The second-order valence-corrected chi connectivity index (χ2v) is 4.77. The average molecular weight is 237 g/mol. The van der Waals surface area contributed by atoms with E-state index in [2.05, 4.69) is 0 Å². The second kappa shape index (κ2) is 4.17. The number of hydrogen-bond acceptors (Lipinski definition) is 2. The zero-order valence-electron chi connectivity index (χ0n) is 8.16. The minimum atomic E-state index is -0.000602. The first-order valence-corrected chi connectivity index (χ1v) is 5.79. The molecule has 0 saturated heterocycles. The van der Waals surface area contributed by atoms with Gasteiger partial charge in [0.15, 0.2) is 5.78 Å². The Bertz CT molecular complexity index is 502. The van der Waals surface area contributed by atoms with Crippen molar-refractivity contribution in [3.8, 4) is 0 Å². The molecule has 0 unspecified atom stereocenters. The lowest BCUT2D eigenvalue weighted by atomic mass is 10.0. The van der Waals surface area contributed by atoms with Crippen molar-refractivity contribution in [2.45, 2.75) is 6.92 Å². The van der Waals surface area contributed by atoms with Gasteiger partial charge in [-0.3, -0.25) is 4.79 Å². The van der Waals surface area contributed by atoms with Crippen LogP contribution in [0.25, 0.3) is 0 Å². The number of carbonyl (C=O) groups is 1. The third-order valence-electron chi connectivity index (χ3n) is 2.25. The fourth-order valence-corrected chi connectivity index (χ4v) is 2.34. The Labute approximate surface area is 97.3 Å². The van der Waals surface area contributed by atoms with Gasteiger partial charge in [-0.1, -0.05) is 35.9 Å². The smallest absolute Gasteiger partial charge is 0.195 e. The molecule has 0 amide bonds. The summed E-state index contributed by atoms with van der Waals surface area (Å²) in [5.41, 5.74) is 2.29. The Morgan fingerprint density at radius 3 is 2.53 bits per heavy atom. The number of hydrogen-bond donors (Lipinski definition) is 0. The van der Waals surface area contributed by atoms with Crippen LogP contribution >= 0.6 is 22.9 Å². The molecule has 76 valence electrons. The molecule has 0 fully saturated rings. The first kappa shape index (κ1) is 10.4. The molecule has 0 spiro atoms. The minimum absolute atomic E-state index is 0.000602. The average Bonchev–Trinajstić information content (AvgIpc) is 2.64. The Hall–Kier alpha value is -1.12. The second-order valence-electron chi connectivity index (χ2n) is 3.25. The van der Waals surface area contributed by atoms with Gasteiger partial charge >= 0.3 is 0 Å². The van der Waals surface area contributed by atoms with Crippen LogP contribution in [0.3, 0.4) is 0 Å². The van der Waals surface area contributed by atoms with Gasteiger partial charge in [0.25, 0.3) is 0 Å². The molecule has 3 heteroatoms. The molecule has 2 rings (SSSR count). The van der Waals surface area contributed by atoms with E-state index in [0.29, 0.717) is 9.90 Å². The Morgan fingerprint density at radius 1 is 1.20 bits per heavy atom. The van der Waals surface area contributed by atoms with E-state index in [-0.39, 0.29) is 5.78 Å². The molecule has 1 aromatic heterocycles. The predicted molar refractivity (Wildman–Crippen MR) is 63.9 cm³/mol. The highest BCUT2D eigenvalue weighted by molar-refractivity contribution is 7.14. The van der Waals surface area contributed by atoms with Crippen LogP contribution in [0, 0.1) is 6.92 Å². The first-order valence-electron chi connectivity index (χ1n) is 4.53. The molecule has 0 aliphatic rings. The van der Waals surface area contributed by atoms with Crippen LogP contribution < -0.4 is 0 Å². The summed E-state index contributed by atoms with van der Waals surface area (Å²) in [5.74, 6) is -0.000602. The fourth-order valence-electron chi connectivity index (χ4n) is 1.43. The SMILES string of the molecule is Cc1ccccc1C(=O)c1ccsc1Cl. The lowest BCUT2D eigenvalue weighted by Gasteiger charge is -2.02. The highest BCUT2D eigenvalue weighted by Gasteiger charge is 2.14. The first-order chi connectivity index (χ1) is 7.20. The number of carbonyl (C=O) groups excluding carboxylic acids is 1. The van der Waals surface area contributed by atoms with E-state index in [1.165, 1.54) is 11.3 Å². The summed E-state index contributed by atoms with van der Waals surface area (Å²) in [6.07, 6.45) is 0. The molecule has 0 aliphatic carbocycles. The summed E-state index contributed by atoms with van der Waals surface area (Å²) in [7, 11) is 0. The normalized spacial score (nSPS) is 10.3. The summed E-state index contributed by atoms with van der Waals surface area (Å²) < 4.78 is 0.559. The zero-order valence-corrected chi connectivity index (χ0v) is 9.73. The highest BCUT2D eigenvalue weighted by atomic mass is 35.5. The zero-order chi connectivity index (χ0) is 10.8. The summed E-state index contributed by atoms with van der Waals surface area (Å²) in [5, 5.41) is 1.83. The fraction of sp³-hybridized carbons (Fsp3) is 0.0833. The third-order valence-corrected chi connectivity index (χ3v) is 3.42. The number of benzene rings is 1. The van der Waals surface area contributed by atoms with Crippen molar-refractivity contribution in [1.82, 2.24) is 0 Å². The predicted octanol–water partition coefficient (Wildman–Crippen LogP) is 3.94. The molecular formula is C12H9ClOS. The van der Waals surface area contributed by atoms with Gasteiger partial charge in [0, 0.05) is 5.56 Å². The van der Waals surface area contributed by atoms with E-state index in [4.69, 9.17) is 11.6 Å². The lowest BCUT2D eigenvalue weighted by Crippen LogP contribution is -2.02. The van der Waals surface area contributed by atoms with Gasteiger partial charge in [-0.05, 0) is 23.9 Å². The maximum absolute atomic E-state index is 12.1. The highest BCUT2D eigenvalue weighted by Crippen LogP contribution is 2.25. The van der Waals surface area contributed by atoms with Crippen molar-refractivity contribution in [1.29, 1.82) is 0 Å². The summed E-state index contributed by atoms with van der Waals surface area (Å²) in [4.78, 5) is 12.1. The molecule has 0 N–H and O–H groups in total. The maximum atomic E-state index is 12.1. The van der Waals surface area contributed by atoms with Crippen molar-refractivity contribution in [2.24, 2.45) is 0 Å². The molecule has 1 nitrogen and oxygen atoms in total. The topological polar surface area (TPSA) is 17.1 Å². The Kier molecular flexibility index (Phi) is 2.89. The number of halogens is 1. The third kappa shape index (κ3) is 1.96. The number of rotatable bonds is 2. The van der Waals surface area contributed by atoms with E-state index >= 15 is 0 Å². The van der Waals surface area contributed by atoms with E-state index in [9.17, 15) is 4.79 Å². The Balaban J connectivity index is 2.46. The minimum Gasteiger partial charge on any atom is -0.289 e. The van der Waals surface area contributed by atoms with Gasteiger partial charge < -0.3 is 0 Å². The van der Waals surface area contributed by atoms with E-state index in [0.717, 1.165) is 11.1 Å². The summed E-state index contributed by atoms with van der Waals surface area (Å²) >= 11 is 7.31. The lowest BCUT2D eigenvalue weighted by molar-refractivity contribution is 0.103. The van der Waals surface area contributed by atoms with Crippen molar-refractivity contribution in [3.05, 3.63) is 56.7 Å². The quantitative estimate of drug-likeness (QED) is 0.722. The van der Waals surface area contributed by atoms with Crippen LogP contribution in [0.4, 0.5) is 0 Å². The van der Waals surface area contributed by atoms with Crippen LogP contribution in [0.1, 0.15) is 21.5 Å². The molecule has 1 aromatic carbocycles. The van der Waals surface area contributed by atoms with Gasteiger partial charge in [0.1, 0.15) is 4.34 Å². The molecule has 0 aliphatic heterocycles. The molecule has 1 heterocycles. The van der Waals surface area contributed by atoms with Crippen LogP contribution in [-0.4, -0.2) is 5.78 Å². The molecule has 0 radical (unpaired) electrons. The van der Waals surface area contributed by atoms with E-state index in [1.807, 2.05) is 36.6 Å². The van der Waals surface area contributed by atoms with Crippen LogP contribution in [-0.2, 0) is 0 Å². The van der Waals surface area contributed by atoms with Crippen molar-refractivity contribution in [2.75, 3.05) is 0 Å². The molecule has 0 saturated carbocycles. The molecule has 0 bridgehead atoms. The van der Waals surface area contributed by atoms with Gasteiger partial charge in [0.05, 0.1) is 5.56 Å². The van der Waals surface area contributed by atoms with E-state index in [1.54, 1.807) is 6.07 Å². The van der Waals surface area contributed by atoms with Gasteiger partial charge in [0.2, 0.25) is 0 Å². The van der Waals surface area contributed by atoms with Gasteiger partial charge in [-0.15, -0.1) is 11.3 Å². The molecular weight excluding hydrogens is 228 g/mol. The summed E-state index contributed by atoms with van der Waals surface area (Å²) in [6, 6.07) is 9.29. The number of ketones is 1. The van der Waals surface area contributed by atoms with E-state index < -0.39 is 0 Å². The molecule has 15 heavy (non-hydrogen) atoms. The molecule has 0 atom stereocenters. The van der Waals surface area contributed by atoms with Crippen molar-refractivity contribution < 1.29 is 4.79 Å². The van der Waals surface area contributed by atoms with Gasteiger partial charge in [-0.25, -0.2) is 0 Å². The largest absolute Gasteiger partial charge is 0.289 e. The van der Waals surface area contributed by atoms with Crippen LogP contribution in [0.5, 0.6) is 0 Å². The van der Waals surface area contributed by atoms with Crippen LogP contribution in [0.2, 0.25) is 4.34 Å².